The van der Waals surface area contributed by atoms with E-state index in [1.807, 2.05) is 0 Å². The normalized spacial score (nSPS) is 11.8. The van der Waals surface area contributed by atoms with Gasteiger partial charge in [-0.15, -0.1) is 0 Å². The summed E-state index contributed by atoms with van der Waals surface area (Å²) in [5.41, 5.74) is -0.709. The molecule has 0 amide bonds. The molecule has 0 unspecified atom stereocenters. The predicted octanol–water partition coefficient (Wildman–Crippen LogP) is 4.12. The summed E-state index contributed by atoms with van der Waals surface area (Å²) in [4.78, 5) is 0. The Morgan fingerprint density at radius 3 is 2.25 bits per heavy atom. The molecule has 0 fully saturated rings. The minimum absolute atomic E-state index is 0.249. The first kappa shape index (κ1) is 9.86. The van der Waals surface area contributed by atoms with E-state index in [1.165, 1.54) is 6.07 Å². The van der Waals surface area contributed by atoms with Crippen molar-refractivity contribution in [1.82, 2.24) is 0 Å². The molecule has 0 nitrogen and oxygen atoms in total. The minimum atomic E-state index is -4.31. The highest BCUT2D eigenvalue weighted by molar-refractivity contribution is 9.10. The Morgan fingerprint density at radius 2 is 1.83 bits per heavy atom. The van der Waals surface area contributed by atoms with Gasteiger partial charge in [0.2, 0.25) is 0 Å². The van der Waals surface area contributed by atoms with Gasteiger partial charge in [0.25, 0.3) is 0 Å². The Hall–Kier alpha value is -0.220. The molecule has 66 valence electrons. The van der Waals surface area contributed by atoms with Crippen LogP contribution in [-0.4, -0.2) is 0 Å². The van der Waals surface area contributed by atoms with Crippen molar-refractivity contribution in [2.24, 2.45) is 0 Å². The van der Waals surface area contributed by atoms with Crippen molar-refractivity contribution in [1.29, 1.82) is 0 Å². The van der Waals surface area contributed by atoms with E-state index in [0.717, 1.165) is 12.1 Å². The van der Waals surface area contributed by atoms with E-state index in [1.54, 1.807) is 0 Å². The number of hydrogen-bond acceptors (Lipinski definition) is 0. The van der Waals surface area contributed by atoms with Gasteiger partial charge in [0.05, 0.1) is 10.6 Å². The molecule has 0 radical (unpaired) electrons. The van der Waals surface area contributed by atoms with Gasteiger partial charge in [0.1, 0.15) is 0 Å². The summed E-state index contributed by atoms with van der Waals surface area (Å²) in [6, 6.07) is 3.09. The topological polar surface area (TPSA) is 0 Å². The summed E-state index contributed by atoms with van der Waals surface area (Å²) >= 11 is 8.42. The Kier molecular flexibility index (Phi) is 2.68. The zero-order valence-corrected chi connectivity index (χ0v) is 7.96. The van der Waals surface area contributed by atoms with E-state index < -0.39 is 11.7 Å². The Labute approximate surface area is 80.5 Å². The van der Waals surface area contributed by atoms with Crippen LogP contribution in [-0.2, 0) is 6.18 Å². The standard InChI is InChI=1S/C7H3BrClF3/c8-5-3-4(7(10,11)12)1-2-6(5)9/h1-3H. The Bertz CT molecular complexity index is 295. The average Bonchev–Trinajstić information content (AvgIpc) is 1.92. The molecule has 0 aliphatic heterocycles. The van der Waals surface area contributed by atoms with Crippen molar-refractivity contribution in [3.05, 3.63) is 33.3 Å². The maximum Gasteiger partial charge on any atom is 0.416 e. The summed E-state index contributed by atoms with van der Waals surface area (Å²) in [6.45, 7) is 0. The zero-order valence-electron chi connectivity index (χ0n) is 5.62. The highest BCUT2D eigenvalue weighted by Gasteiger charge is 2.30. The van der Waals surface area contributed by atoms with E-state index in [4.69, 9.17) is 11.6 Å². The van der Waals surface area contributed by atoms with Crippen LogP contribution >= 0.6 is 27.5 Å². The SMILES string of the molecule is FC(F)(F)c1ccc(Cl)c(Br)c1. The second kappa shape index (κ2) is 3.26. The van der Waals surface area contributed by atoms with Gasteiger partial charge >= 0.3 is 6.18 Å². The molecule has 1 rings (SSSR count). The van der Waals surface area contributed by atoms with E-state index in [9.17, 15) is 13.2 Å². The number of rotatable bonds is 0. The molecule has 0 saturated heterocycles. The first-order chi connectivity index (χ1) is 5.41. The zero-order chi connectivity index (χ0) is 9.35. The van der Waals surface area contributed by atoms with Crippen LogP contribution in [0.3, 0.4) is 0 Å². The van der Waals surface area contributed by atoms with Crippen LogP contribution in [0.2, 0.25) is 5.02 Å². The molecule has 0 heterocycles. The lowest BCUT2D eigenvalue weighted by Crippen LogP contribution is -2.04. The third-order valence-corrected chi connectivity index (χ3v) is 2.46. The summed E-state index contributed by atoms with van der Waals surface area (Å²) in [5, 5.41) is 0.267. The van der Waals surface area contributed by atoms with E-state index in [2.05, 4.69) is 15.9 Å². The van der Waals surface area contributed by atoms with Gasteiger partial charge < -0.3 is 0 Å². The van der Waals surface area contributed by atoms with Crippen molar-refractivity contribution >= 4 is 27.5 Å². The van der Waals surface area contributed by atoms with Gasteiger partial charge in [-0.1, -0.05) is 11.6 Å². The van der Waals surface area contributed by atoms with E-state index in [-0.39, 0.29) is 9.50 Å². The summed E-state index contributed by atoms with van der Waals surface area (Å²) in [5.74, 6) is 0. The molecular formula is C7H3BrClF3. The Morgan fingerprint density at radius 1 is 1.25 bits per heavy atom. The van der Waals surface area contributed by atoms with Crippen LogP contribution in [0.25, 0.3) is 0 Å². The molecule has 0 atom stereocenters. The lowest BCUT2D eigenvalue weighted by molar-refractivity contribution is -0.137. The number of hydrogen-bond donors (Lipinski definition) is 0. The fraction of sp³-hybridized carbons (Fsp3) is 0.143. The first-order valence-corrected chi connectivity index (χ1v) is 4.10. The van der Waals surface area contributed by atoms with E-state index in [0.29, 0.717) is 0 Å². The highest BCUT2D eigenvalue weighted by Crippen LogP contribution is 2.33. The Balaban J connectivity index is 3.14. The van der Waals surface area contributed by atoms with Crippen molar-refractivity contribution in [3.63, 3.8) is 0 Å². The van der Waals surface area contributed by atoms with Crippen LogP contribution in [0.15, 0.2) is 22.7 Å². The second-order valence-electron chi connectivity index (χ2n) is 2.13. The summed E-state index contributed by atoms with van der Waals surface area (Å²) in [7, 11) is 0. The maximum absolute atomic E-state index is 12.0. The molecule has 0 N–H and O–H groups in total. The van der Waals surface area contributed by atoms with Crippen molar-refractivity contribution in [3.8, 4) is 0 Å². The third-order valence-electron chi connectivity index (χ3n) is 1.25. The lowest BCUT2D eigenvalue weighted by Gasteiger charge is -2.06. The number of halogens is 5. The summed E-state index contributed by atoms with van der Waals surface area (Å²) in [6.07, 6.45) is -4.31. The third kappa shape index (κ3) is 2.14. The molecule has 0 saturated carbocycles. The minimum Gasteiger partial charge on any atom is -0.166 e. The molecule has 1 aromatic carbocycles. The van der Waals surface area contributed by atoms with Crippen LogP contribution in [0.4, 0.5) is 13.2 Å². The van der Waals surface area contributed by atoms with E-state index >= 15 is 0 Å². The fourth-order valence-corrected chi connectivity index (χ4v) is 1.17. The summed E-state index contributed by atoms with van der Waals surface area (Å²) < 4.78 is 36.4. The number of alkyl halides is 3. The van der Waals surface area contributed by atoms with Gasteiger partial charge in [-0.25, -0.2) is 0 Å². The van der Waals surface area contributed by atoms with Crippen LogP contribution in [0, 0.1) is 0 Å². The van der Waals surface area contributed by atoms with Gasteiger partial charge in [0, 0.05) is 4.47 Å². The predicted molar refractivity (Wildman–Crippen MR) is 44.2 cm³/mol. The molecule has 0 aliphatic rings. The average molecular weight is 259 g/mol. The molecule has 5 heteroatoms. The quantitative estimate of drug-likeness (QED) is 0.657. The highest BCUT2D eigenvalue weighted by atomic mass is 79.9. The molecule has 0 aliphatic carbocycles. The van der Waals surface area contributed by atoms with Crippen molar-refractivity contribution in [2.75, 3.05) is 0 Å². The van der Waals surface area contributed by atoms with Crippen molar-refractivity contribution in [2.45, 2.75) is 6.18 Å². The van der Waals surface area contributed by atoms with Gasteiger partial charge in [-0.3, -0.25) is 0 Å². The second-order valence-corrected chi connectivity index (χ2v) is 3.39. The van der Waals surface area contributed by atoms with Gasteiger partial charge in [-0.2, -0.15) is 13.2 Å². The molecule has 1 aromatic rings. The molecule has 0 bridgehead atoms. The molecular weight excluding hydrogens is 256 g/mol. The number of benzene rings is 1. The monoisotopic (exact) mass is 258 g/mol. The van der Waals surface area contributed by atoms with Crippen LogP contribution < -0.4 is 0 Å². The first-order valence-electron chi connectivity index (χ1n) is 2.93. The molecule has 12 heavy (non-hydrogen) atoms. The van der Waals surface area contributed by atoms with Crippen LogP contribution in [0.5, 0.6) is 0 Å². The van der Waals surface area contributed by atoms with Crippen LogP contribution in [0.1, 0.15) is 5.56 Å². The molecule has 0 aromatic heterocycles. The van der Waals surface area contributed by atoms with Gasteiger partial charge in [-0.05, 0) is 34.1 Å². The largest absolute Gasteiger partial charge is 0.416 e. The van der Waals surface area contributed by atoms with Crippen molar-refractivity contribution < 1.29 is 13.2 Å². The lowest BCUT2D eigenvalue weighted by atomic mass is 10.2. The smallest absolute Gasteiger partial charge is 0.166 e. The maximum atomic E-state index is 12.0. The molecule has 0 spiro atoms. The fourth-order valence-electron chi connectivity index (χ4n) is 0.672. The van der Waals surface area contributed by atoms with Gasteiger partial charge in [0.15, 0.2) is 0 Å².